The lowest BCUT2D eigenvalue weighted by molar-refractivity contribution is -0.141. The van der Waals surface area contributed by atoms with Crippen molar-refractivity contribution in [1.82, 2.24) is 5.32 Å². The minimum atomic E-state index is -0.636. The molecule has 0 unspecified atom stereocenters. The molecule has 0 fully saturated rings. The van der Waals surface area contributed by atoms with Gasteiger partial charge in [-0.15, -0.1) is 0 Å². The summed E-state index contributed by atoms with van der Waals surface area (Å²) in [5.74, 6) is -1.82. The van der Waals surface area contributed by atoms with Gasteiger partial charge in [-0.25, -0.2) is 4.79 Å². The summed E-state index contributed by atoms with van der Waals surface area (Å²) in [4.78, 5) is 34.9. The average Bonchev–Trinajstić information content (AvgIpc) is 2.72. The second kappa shape index (κ2) is 10.9. The van der Waals surface area contributed by atoms with Crippen molar-refractivity contribution in [2.24, 2.45) is 0 Å². The maximum absolute atomic E-state index is 12.3. The van der Waals surface area contributed by atoms with E-state index in [9.17, 15) is 14.4 Å². The highest BCUT2D eigenvalue weighted by Gasteiger charge is 2.14. The summed E-state index contributed by atoms with van der Waals surface area (Å²) in [6.07, 6.45) is 0.747. The molecule has 0 saturated heterocycles. The Hall–Kier alpha value is -3.06. The van der Waals surface area contributed by atoms with E-state index in [-0.39, 0.29) is 6.54 Å². The third kappa shape index (κ3) is 6.92. The molecular formula is C20H21ClN2O5. The van der Waals surface area contributed by atoms with Crippen LogP contribution in [0.4, 0.5) is 5.69 Å². The molecule has 2 rings (SSSR count). The predicted molar refractivity (Wildman–Crippen MR) is 105 cm³/mol. The standard InChI is InChI=1S/C20H21ClN2O5/c1-27-19(25)12-23-18(24)13-28-20(26)16-4-2-3-5-17(16)22-11-10-14-6-8-15(21)9-7-14/h2-9,22H,10-13H2,1H3,(H,23,24). The quantitative estimate of drug-likeness (QED) is 0.623. The minimum Gasteiger partial charge on any atom is -0.468 e. The Morgan fingerprint density at radius 1 is 1.04 bits per heavy atom. The van der Waals surface area contributed by atoms with Gasteiger partial charge >= 0.3 is 11.9 Å². The maximum Gasteiger partial charge on any atom is 0.340 e. The third-order valence-electron chi connectivity index (χ3n) is 3.78. The highest BCUT2D eigenvalue weighted by molar-refractivity contribution is 6.30. The van der Waals surface area contributed by atoms with Gasteiger partial charge in [0.25, 0.3) is 5.91 Å². The summed E-state index contributed by atoms with van der Waals surface area (Å²) in [5.41, 5.74) is 2.04. The second-order valence-electron chi connectivity index (χ2n) is 5.78. The number of hydrogen-bond acceptors (Lipinski definition) is 6. The maximum atomic E-state index is 12.3. The van der Waals surface area contributed by atoms with E-state index in [1.165, 1.54) is 7.11 Å². The molecule has 0 saturated carbocycles. The average molecular weight is 405 g/mol. The molecule has 2 aromatic carbocycles. The Labute approximate surface area is 168 Å². The molecule has 1 amide bonds. The number of carbonyl (C=O) groups is 3. The fourth-order valence-corrected chi connectivity index (χ4v) is 2.44. The Morgan fingerprint density at radius 3 is 2.46 bits per heavy atom. The fraction of sp³-hybridized carbons (Fsp3) is 0.250. The zero-order valence-corrected chi connectivity index (χ0v) is 16.1. The number of para-hydroxylation sites is 1. The summed E-state index contributed by atoms with van der Waals surface area (Å²) in [6, 6.07) is 14.4. The molecular weight excluding hydrogens is 384 g/mol. The van der Waals surface area contributed by atoms with E-state index in [0.29, 0.717) is 22.8 Å². The van der Waals surface area contributed by atoms with Crippen LogP contribution in [-0.4, -0.2) is 44.7 Å². The van der Waals surface area contributed by atoms with E-state index in [2.05, 4.69) is 15.4 Å². The summed E-state index contributed by atoms with van der Waals surface area (Å²) in [5, 5.41) is 6.17. The molecule has 0 aromatic heterocycles. The molecule has 8 heteroatoms. The van der Waals surface area contributed by atoms with Crippen molar-refractivity contribution in [3.8, 4) is 0 Å². The predicted octanol–water partition coefficient (Wildman–Crippen LogP) is 2.44. The largest absolute Gasteiger partial charge is 0.468 e. The monoisotopic (exact) mass is 404 g/mol. The van der Waals surface area contributed by atoms with Crippen LogP contribution >= 0.6 is 11.6 Å². The van der Waals surface area contributed by atoms with Crippen molar-refractivity contribution in [3.63, 3.8) is 0 Å². The number of esters is 2. The molecule has 0 heterocycles. The van der Waals surface area contributed by atoms with Crippen LogP contribution in [0.5, 0.6) is 0 Å². The number of carbonyl (C=O) groups excluding carboxylic acids is 3. The van der Waals surface area contributed by atoms with Gasteiger partial charge in [0.2, 0.25) is 0 Å². The van der Waals surface area contributed by atoms with Gasteiger partial charge in [0.05, 0.1) is 12.7 Å². The molecule has 0 aliphatic heterocycles. The lowest BCUT2D eigenvalue weighted by Crippen LogP contribution is -2.33. The zero-order valence-electron chi connectivity index (χ0n) is 15.4. The lowest BCUT2D eigenvalue weighted by Gasteiger charge is -2.12. The first kappa shape index (κ1) is 21.2. The minimum absolute atomic E-state index is 0.282. The molecule has 0 aliphatic rings. The van der Waals surface area contributed by atoms with Crippen molar-refractivity contribution >= 4 is 35.1 Å². The van der Waals surface area contributed by atoms with Crippen LogP contribution in [0.2, 0.25) is 5.02 Å². The lowest BCUT2D eigenvalue weighted by atomic mass is 10.1. The Kier molecular flexibility index (Phi) is 8.30. The van der Waals surface area contributed by atoms with Gasteiger partial charge in [0.15, 0.2) is 6.61 Å². The number of halogens is 1. The Balaban J connectivity index is 1.86. The molecule has 2 aromatic rings. The third-order valence-corrected chi connectivity index (χ3v) is 4.03. The molecule has 148 valence electrons. The van der Waals surface area contributed by atoms with Crippen LogP contribution in [0.1, 0.15) is 15.9 Å². The van der Waals surface area contributed by atoms with Crippen LogP contribution in [0, 0.1) is 0 Å². The van der Waals surface area contributed by atoms with Gasteiger partial charge < -0.3 is 20.1 Å². The number of hydrogen-bond donors (Lipinski definition) is 2. The van der Waals surface area contributed by atoms with Gasteiger partial charge in [0, 0.05) is 17.3 Å². The molecule has 0 aliphatic carbocycles. The van der Waals surface area contributed by atoms with Crippen molar-refractivity contribution in [1.29, 1.82) is 0 Å². The van der Waals surface area contributed by atoms with Crippen LogP contribution in [-0.2, 0) is 25.5 Å². The topological polar surface area (TPSA) is 93.7 Å². The molecule has 0 bridgehead atoms. The normalized spacial score (nSPS) is 10.1. The van der Waals surface area contributed by atoms with Crippen molar-refractivity contribution in [3.05, 3.63) is 64.7 Å². The first-order valence-electron chi connectivity index (χ1n) is 8.57. The molecule has 2 N–H and O–H groups in total. The van der Waals surface area contributed by atoms with E-state index < -0.39 is 24.5 Å². The first-order chi connectivity index (χ1) is 13.5. The molecule has 0 atom stereocenters. The van der Waals surface area contributed by atoms with Crippen LogP contribution in [0.3, 0.4) is 0 Å². The number of rotatable bonds is 9. The van der Waals surface area contributed by atoms with Crippen molar-refractivity contribution in [2.45, 2.75) is 6.42 Å². The van der Waals surface area contributed by atoms with E-state index >= 15 is 0 Å². The number of nitrogens with one attached hydrogen (secondary N) is 2. The Bertz CT molecular complexity index is 824. The number of amides is 1. The smallest absolute Gasteiger partial charge is 0.340 e. The number of benzene rings is 2. The van der Waals surface area contributed by atoms with Gasteiger partial charge in [-0.3, -0.25) is 9.59 Å². The number of anilines is 1. The summed E-state index contributed by atoms with van der Waals surface area (Å²) in [6.45, 7) is -0.170. The van der Waals surface area contributed by atoms with E-state index in [0.717, 1.165) is 12.0 Å². The first-order valence-corrected chi connectivity index (χ1v) is 8.95. The van der Waals surface area contributed by atoms with Crippen molar-refractivity contribution in [2.75, 3.05) is 32.1 Å². The molecule has 28 heavy (non-hydrogen) atoms. The van der Waals surface area contributed by atoms with Gasteiger partial charge in [-0.2, -0.15) is 0 Å². The fourth-order valence-electron chi connectivity index (χ4n) is 2.31. The van der Waals surface area contributed by atoms with Crippen LogP contribution < -0.4 is 10.6 Å². The second-order valence-corrected chi connectivity index (χ2v) is 6.21. The molecule has 0 spiro atoms. The zero-order chi connectivity index (χ0) is 20.4. The van der Waals surface area contributed by atoms with Crippen LogP contribution in [0.15, 0.2) is 48.5 Å². The van der Waals surface area contributed by atoms with Crippen molar-refractivity contribution < 1.29 is 23.9 Å². The highest BCUT2D eigenvalue weighted by Crippen LogP contribution is 2.17. The van der Waals surface area contributed by atoms with Gasteiger partial charge in [-0.1, -0.05) is 35.9 Å². The van der Waals surface area contributed by atoms with E-state index in [1.807, 2.05) is 24.3 Å². The summed E-state index contributed by atoms with van der Waals surface area (Å²) in [7, 11) is 1.21. The van der Waals surface area contributed by atoms with E-state index in [1.54, 1.807) is 24.3 Å². The SMILES string of the molecule is COC(=O)CNC(=O)COC(=O)c1ccccc1NCCc1ccc(Cl)cc1. The number of methoxy groups -OCH3 is 1. The highest BCUT2D eigenvalue weighted by atomic mass is 35.5. The Morgan fingerprint density at radius 2 is 1.75 bits per heavy atom. The van der Waals surface area contributed by atoms with Crippen LogP contribution in [0.25, 0.3) is 0 Å². The van der Waals surface area contributed by atoms with Gasteiger partial charge in [-0.05, 0) is 36.2 Å². The summed E-state index contributed by atoms with van der Waals surface area (Å²) < 4.78 is 9.43. The summed E-state index contributed by atoms with van der Waals surface area (Å²) >= 11 is 5.87. The van der Waals surface area contributed by atoms with Gasteiger partial charge in [0.1, 0.15) is 6.54 Å². The number of ether oxygens (including phenoxy) is 2. The molecule has 7 nitrogen and oxygen atoms in total. The molecule has 0 radical (unpaired) electrons. The van der Waals surface area contributed by atoms with E-state index in [4.69, 9.17) is 16.3 Å².